The van der Waals surface area contributed by atoms with Crippen LogP contribution in [0.3, 0.4) is 0 Å². The van der Waals surface area contributed by atoms with Crippen LogP contribution < -0.4 is 0 Å². The van der Waals surface area contributed by atoms with Crippen molar-refractivity contribution < 1.29 is 5.11 Å². The standard InChI is InChI=1S/C15H10N2OS/c18-12-7-3-1-5-10(12)15(9-16-15)14-17-11-6-2-4-8-13(11)19-14/h1-9,18H. The van der Waals surface area contributed by atoms with Crippen LogP contribution in [0.25, 0.3) is 10.2 Å². The summed E-state index contributed by atoms with van der Waals surface area (Å²) in [6.45, 7) is 0. The summed E-state index contributed by atoms with van der Waals surface area (Å²) in [4.78, 5) is 9.04. The summed E-state index contributed by atoms with van der Waals surface area (Å²) in [6.07, 6.45) is 1.85. The fourth-order valence-corrected chi connectivity index (χ4v) is 3.35. The van der Waals surface area contributed by atoms with Gasteiger partial charge in [-0.3, -0.25) is 4.99 Å². The SMILES string of the molecule is Oc1ccccc1C1(c2nc3ccccc3s2)C=N1. The lowest BCUT2D eigenvalue weighted by atomic mass is 9.97. The van der Waals surface area contributed by atoms with E-state index in [1.807, 2.05) is 42.6 Å². The molecule has 1 aliphatic heterocycles. The molecule has 2 heterocycles. The molecule has 3 aromatic rings. The van der Waals surface area contributed by atoms with Crippen LogP contribution in [0, 0.1) is 0 Å². The molecule has 1 N–H and O–H groups in total. The third-order valence-corrected chi connectivity index (χ3v) is 4.48. The van der Waals surface area contributed by atoms with Gasteiger partial charge in [0.05, 0.1) is 10.2 Å². The number of thiazole rings is 1. The first-order valence-electron chi connectivity index (χ1n) is 6.00. The summed E-state index contributed by atoms with van der Waals surface area (Å²) >= 11 is 1.62. The van der Waals surface area contributed by atoms with Crippen LogP contribution in [0.5, 0.6) is 5.75 Å². The second kappa shape index (κ2) is 3.65. The number of nitrogens with zero attached hydrogens (tertiary/aromatic N) is 2. The molecule has 0 spiro atoms. The Hall–Kier alpha value is -2.20. The second-order valence-corrected chi connectivity index (χ2v) is 5.56. The van der Waals surface area contributed by atoms with E-state index < -0.39 is 5.54 Å². The Balaban J connectivity index is 1.89. The van der Waals surface area contributed by atoms with Gasteiger partial charge in [-0.15, -0.1) is 11.3 Å². The monoisotopic (exact) mass is 266 g/mol. The number of aromatic hydroxyl groups is 1. The summed E-state index contributed by atoms with van der Waals surface area (Å²) in [5.74, 6) is 0.263. The van der Waals surface area contributed by atoms with E-state index >= 15 is 0 Å². The molecule has 3 nitrogen and oxygen atoms in total. The van der Waals surface area contributed by atoms with Crippen LogP contribution in [0.4, 0.5) is 0 Å². The Morgan fingerprint density at radius 3 is 2.47 bits per heavy atom. The molecule has 1 aromatic heterocycles. The van der Waals surface area contributed by atoms with Crippen LogP contribution in [-0.2, 0) is 5.54 Å². The summed E-state index contributed by atoms with van der Waals surface area (Å²) < 4.78 is 1.14. The summed E-state index contributed by atoms with van der Waals surface area (Å²) in [7, 11) is 0. The highest BCUT2D eigenvalue weighted by Gasteiger charge is 2.45. The van der Waals surface area contributed by atoms with Crippen molar-refractivity contribution in [3.63, 3.8) is 0 Å². The van der Waals surface area contributed by atoms with Gasteiger partial charge in [-0.2, -0.15) is 0 Å². The van der Waals surface area contributed by atoms with Crippen molar-refractivity contribution in [3.8, 4) is 5.75 Å². The minimum Gasteiger partial charge on any atom is -0.508 e. The largest absolute Gasteiger partial charge is 0.508 e. The first-order valence-corrected chi connectivity index (χ1v) is 6.82. The number of hydrogen-bond donors (Lipinski definition) is 1. The molecule has 0 saturated heterocycles. The minimum absolute atomic E-state index is 0.263. The fourth-order valence-electron chi connectivity index (χ4n) is 2.26. The average molecular weight is 266 g/mol. The van der Waals surface area contributed by atoms with Gasteiger partial charge in [-0.05, 0) is 18.2 Å². The molecular formula is C15H10N2OS. The zero-order chi connectivity index (χ0) is 12.9. The van der Waals surface area contributed by atoms with Crippen molar-refractivity contribution in [1.82, 2.24) is 4.98 Å². The molecule has 1 aliphatic rings. The van der Waals surface area contributed by atoms with Gasteiger partial charge in [-0.25, -0.2) is 4.98 Å². The molecule has 4 heteroatoms. The minimum atomic E-state index is -0.547. The van der Waals surface area contributed by atoms with Gasteiger partial charge in [0.2, 0.25) is 0 Å². The molecule has 92 valence electrons. The van der Waals surface area contributed by atoms with Crippen molar-refractivity contribution in [1.29, 1.82) is 0 Å². The highest BCUT2D eigenvalue weighted by molar-refractivity contribution is 7.18. The smallest absolute Gasteiger partial charge is 0.175 e. The molecule has 1 atom stereocenters. The van der Waals surface area contributed by atoms with E-state index in [0.717, 1.165) is 20.8 Å². The van der Waals surface area contributed by atoms with Crippen LogP contribution in [0.2, 0.25) is 0 Å². The molecule has 0 aliphatic carbocycles. The lowest BCUT2D eigenvalue weighted by Crippen LogP contribution is -2.12. The molecule has 0 amide bonds. The van der Waals surface area contributed by atoms with E-state index in [-0.39, 0.29) is 5.75 Å². The van der Waals surface area contributed by atoms with E-state index in [4.69, 9.17) is 0 Å². The number of aromatic nitrogens is 1. The first-order chi connectivity index (χ1) is 9.29. The first kappa shape index (κ1) is 10.7. The van der Waals surface area contributed by atoms with Crippen molar-refractivity contribution >= 4 is 27.8 Å². The van der Waals surface area contributed by atoms with Gasteiger partial charge in [-0.1, -0.05) is 30.3 Å². The van der Waals surface area contributed by atoms with Gasteiger partial charge in [0.25, 0.3) is 0 Å². The molecule has 0 radical (unpaired) electrons. The zero-order valence-corrected chi connectivity index (χ0v) is 10.8. The van der Waals surface area contributed by atoms with E-state index in [9.17, 15) is 5.11 Å². The Labute approximate surface area is 113 Å². The molecule has 19 heavy (non-hydrogen) atoms. The molecule has 1 unspecified atom stereocenters. The van der Waals surface area contributed by atoms with Crippen molar-refractivity contribution in [3.05, 3.63) is 59.1 Å². The Bertz CT molecular complexity index is 768. The predicted molar refractivity (Wildman–Crippen MR) is 77.0 cm³/mol. The number of fused-ring (bicyclic) bond motifs is 1. The van der Waals surface area contributed by atoms with Crippen LogP contribution in [-0.4, -0.2) is 16.3 Å². The van der Waals surface area contributed by atoms with Crippen LogP contribution in [0.15, 0.2) is 53.5 Å². The summed E-state index contributed by atoms with van der Waals surface area (Å²) in [5.41, 5.74) is 1.23. The zero-order valence-electron chi connectivity index (χ0n) is 9.95. The lowest BCUT2D eigenvalue weighted by Gasteiger charge is -2.12. The van der Waals surface area contributed by atoms with Crippen molar-refractivity contribution in [2.24, 2.45) is 4.99 Å². The molecular weight excluding hydrogens is 256 g/mol. The Kier molecular flexibility index (Phi) is 2.05. The molecule has 2 aromatic carbocycles. The number of phenols is 1. The fraction of sp³-hybridized carbons (Fsp3) is 0.0667. The highest BCUT2D eigenvalue weighted by atomic mass is 32.1. The normalized spacial score (nSPS) is 20.8. The number of benzene rings is 2. The van der Waals surface area contributed by atoms with Gasteiger partial charge in [0.15, 0.2) is 5.54 Å². The number of phenolic OH excluding ortho intramolecular Hbond substituents is 1. The number of hydrogen-bond acceptors (Lipinski definition) is 4. The summed E-state index contributed by atoms with van der Waals surface area (Å²) in [6, 6.07) is 15.3. The third-order valence-electron chi connectivity index (χ3n) is 3.32. The molecule has 4 rings (SSSR count). The Morgan fingerprint density at radius 1 is 1.00 bits per heavy atom. The molecule has 0 saturated carbocycles. The lowest BCUT2D eigenvalue weighted by molar-refractivity contribution is 0.464. The Morgan fingerprint density at radius 2 is 1.74 bits per heavy atom. The quantitative estimate of drug-likeness (QED) is 0.773. The maximum atomic E-state index is 10.0. The van der Waals surface area contributed by atoms with E-state index in [0.29, 0.717) is 0 Å². The van der Waals surface area contributed by atoms with E-state index in [1.54, 1.807) is 17.4 Å². The van der Waals surface area contributed by atoms with Crippen LogP contribution in [0.1, 0.15) is 10.6 Å². The van der Waals surface area contributed by atoms with Gasteiger partial charge < -0.3 is 5.11 Å². The highest BCUT2D eigenvalue weighted by Crippen LogP contribution is 2.46. The summed E-state index contributed by atoms with van der Waals surface area (Å²) in [5, 5.41) is 10.9. The van der Waals surface area contributed by atoms with Crippen molar-refractivity contribution in [2.45, 2.75) is 5.54 Å². The van der Waals surface area contributed by atoms with Gasteiger partial charge in [0.1, 0.15) is 10.8 Å². The average Bonchev–Trinajstić information content (AvgIpc) is 3.12. The molecule has 0 bridgehead atoms. The second-order valence-electron chi connectivity index (χ2n) is 4.53. The van der Waals surface area contributed by atoms with E-state index in [2.05, 4.69) is 16.0 Å². The topological polar surface area (TPSA) is 45.5 Å². The predicted octanol–water partition coefficient (Wildman–Crippen LogP) is 3.33. The van der Waals surface area contributed by atoms with Gasteiger partial charge in [0, 0.05) is 11.8 Å². The van der Waals surface area contributed by atoms with Gasteiger partial charge >= 0.3 is 0 Å². The van der Waals surface area contributed by atoms with E-state index in [1.165, 1.54) is 0 Å². The van der Waals surface area contributed by atoms with Crippen molar-refractivity contribution in [2.75, 3.05) is 0 Å². The van der Waals surface area contributed by atoms with Crippen LogP contribution >= 0.6 is 11.3 Å². The number of rotatable bonds is 2. The maximum absolute atomic E-state index is 10.0. The molecule has 0 fully saturated rings. The maximum Gasteiger partial charge on any atom is 0.175 e. The number of para-hydroxylation sites is 2. The number of aliphatic imine (C=N–C) groups is 1. The third kappa shape index (κ3) is 1.50.